The van der Waals surface area contributed by atoms with Crippen molar-refractivity contribution in [2.24, 2.45) is 0 Å². The maximum atomic E-state index is 13.0. The normalized spacial score (nSPS) is 16.3. The predicted octanol–water partition coefficient (Wildman–Crippen LogP) is 3.13. The molecule has 6 nitrogen and oxygen atoms in total. The maximum Gasteiger partial charge on any atom is 0.260 e. The summed E-state index contributed by atoms with van der Waals surface area (Å²) < 4.78 is 11.5. The van der Waals surface area contributed by atoms with E-state index < -0.39 is 0 Å². The average molecular weight is 393 g/mol. The molecule has 1 fully saturated rings. The number of hydrogen-bond donors (Lipinski definition) is 1. The predicted molar refractivity (Wildman–Crippen MR) is 110 cm³/mol. The molecule has 1 N–H and O–H groups in total. The van der Waals surface area contributed by atoms with Crippen LogP contribution in [0.4, 0.5) is 0 Å². The number of carbonyl (C=O) groups is 1. The fraction of sp³-hybridized carbons (Fsp3) is 0.304. The molecule has 0 radical (unpaired) electrons. The van der Waals surface area contributed by atoms with Gasteiger partial charge in [0.15, 0.2) is 6.61 Å². The summed E-state index contributed by atoms with van der Waals surface area (Å²) in [6.07, 6.45) is 1.70. The molecule has 1 unspecified atom stereocenters. The van der Waals surface area contributed by atoms with Gasteiger partial charge < -0.3 is 19.2 Å². The number of aryl methyl sites for hydroxylation is 1. The van der Waals surface area contributed by atoms with Crippen molar-refractivity contribution >= 4 is 16.9 Å². The van der Waals surface area contributed by atoms with Gasteiger partial charge in [0.2, 0.25) is 5.43 Å². The molecule has 2 aromatic carbocycles. The summed E-state index contributed by atoms with van der Waals surface area (Å²) in [5, 5.41) is 9.83. The van der Waals surface area contributed by atoms with Crippen molar-refractivity contribution in [1.82, 2.24) is 4.90 Å². The van der Waals surface area contributed by atoms with E-state index >= 15 is 0 Å². The first-order valence-corrected chi connectivity index (χ1v) is 9.74. The van der Waals surface area contributed by atoms with Crippen molar-refractivity contribution in [3.05, 3.63) is 64.5 Å². The van der Waals surface area contributed by atoms with Gasteiger partial charge in [-0.05, 0) is 37.5 Å². The van der Waals surface area contributed by atoms with Crippen molar-refractivity contribution in [3.8, 4) is 16.9 Å². The van der Waals surface area contributed by atoms with Gasteiger partial charge in [0.1, 0.15) is 17.1 Å². The molecule has 0 aliphatic carbocycles. The second-order valence-electron chi connectivity index (χ2n) is 7.24. The van der Waals surface area contributed by atoms with Crippen molar-refractivity contribution in [2.75, 3.05) is 19.8 Å². The summed E-state index contributed by atoms with van der Waals surface area (Å²) in [5.74, 6) is 0.837. The molecular weight excluding hydrogens is 370 g/mol. The molecule has 0 saturated carbocycles. The van der Waals surface area contributed by atoms with E-state index in [1.807, 2.05) is 30.3 Å². The van der Waals surface area contributed by atoms with Gasteiger partial charge in [-0.15, -0.1) is 0 Å². The summed E-state index contributed by atoms with van der Waals surface area (Å²) in [4.78, 5) is 27.0. The Morgan fingerprint density at radius 3 is 2.79 bits per heavy atom. The van der Waals surface area contributed by atoms with Crippen LogP contribution >= 0.6 is 0 Å². The molecule has 4 rings (SSSR count). The minimum absolute atomic E-state index is 0.0318. The smallest absolute Gasteiger partial charge is 0.260 e. The average Bonchev–Trinajstić information content (AvgIpc) is 3.21. The third-order valence-corrected chi connectivity index (χ3v) is 5.37. The van der Waals surface area contributed by atoms with E-state index in [2.05, 4.69) is 0 Å². The quantitative estimate of drug-likeness (QED) is 0.720. The number of likely N-dealkylation sites (tertiary alicyclic amines) is 1. The highest BCUT2D eigenvalue weighted by Crippen LogP contribution is 2.26. The number of aliphatic hydroxyl groups excluding tert-OH is 1. The summed E-state index contributed by atoms with van der Waals surface area (Å²) >= 11 is 0. The van der Waals surface area contributed by atoms with Crippen LogP contribution in [0.5, 0.6) is 5.75 Å². The second kappa shape index (κ2) is 8.09. The highest BCUT2D eigenvalue weighted by molar-refractivity contribution is 5.84. The zero-order valence-corrected chi connectivity index (χ0v) is 16.3. The van der Waals surface area contributed by atoms with Gasteiger partial charge in [-0.3, -0.25) is 9.59 Å². The highest BCUT2D eigenvalue weighted by atomic mass is 16.5. The van der Waals surface area contributed by atoms with Crippen LogP contribution in [0.25, 0.3) is 22.1 Å². The fourth-order valence-electron chi connectivity index (χ4n) is 3.90. The molecule has 29 heavy (non-hydrogen) atoms. The SMILES string of the molecule is Cc1oc2cc(OCC(=O)N3CCCC3CO)ccc2c(=O)c1-c1ccccc1. The lowest BCUT2D eigenvalue weighted by Crippen LogP contribution is -2.40. The molecule has 1 atom stereocenters. The Bertz CT molecular complexity index is 1090. The first-order valence-electron chi connectivity index (χ1n) is 9.74. The molecule has 1 aromatic heterocycles. The lowest BCUT2D eigenvalue weighted by Gasteiger charge is -2.22. The Kier molecular flexibility index (Phi) is 5.36. The molecule has 1 aliphatic heterocycles. The zero-order chi connectivity index (χ0) is 20.4. The molecule has 0 spiro atoms. The van der Waals surface area contributed by atoms with Crippen LogP contribution in [0.1, 0.15) is 18.6 Å². The topological polar surface area (TPSA) is 80.0 Å². The molecule has 1 saturated heterocycles. The maximum absolute atomic E-state index is 13.0. The summed E-state index contributed by atoms with van der Waals surface area (Å²) in [7, 11) is 0. The number of hydrogen-bond acceptors (Lipinski definition) is 5. The summed E-state index contributed by atoms with van der Waals surface area (Å²) in [5.41, 5.74) is 1.69. The molecule has 1 amide bonds. The largest absolute Gasteiger partial charge is 0.484 e. The van der Waals surface area contributed by atoms with Gasteiger partial charge in [0.25, 0.3) is 5.91 Å². The van der Waals surface area contributed by atoms with E-state index in [0.717, 1.165) is 18.4 Å². The van der Waals surface area contributed by atoms with E-state index in [1.54, 1.807) is 30.0 Å². The number of fused-ring (bicyclic) bond motifs is 1. The molecule has 6 heteroatoms. The van der Waals surface area contributed by atoms with E-state index in [4.69, 9.17) is 9.15 Å². The zero-order valence-electron chi connectivity index (χ0n) is 16.3. The van der Waals surface area contributed by atoms with E-state index in [0.29, 0.717) is 34.6 Å². The molecule has 150 valence electrons. The van der Waals surface area contributed by atoms with Crippen LogP contribution in [0.3, 0.4) is 0 Å². The van der Waals surface area contributed by atoms with E-state index in [-0.39, 0.29) is 30.6 Å². The van der Waals surface area contributed by atoms with Gasteiger partial charge in [-0.25, -0.2) is 0 Å². The Balaban J connectivity index is 1.57. The third kappa shape index (κ3) is 3.76. The standard InChI is InChI=1S/C23H23NO5/c1-15-22(16-6-3-2-4-7-16)23(27)19-10-9-18(12-20(19)29-15)28-14-21(26)24-11-5-8-17(24)13-25/h2-4,6-7,9-10,12,17,25H,5,8,11,13-14H2,1H3. The monoisotopic (exact) mass is 393 g/mol. The number of aliphatic hydroxyl groups is 1. The van der Waals surface area contributed by atoms with E-state index in [9.17, 15) is 14.7 Å². The van der Waals surface area contributed by atoms with Gasteiger partial charge >= 0.3 is 0 Å². The van der Waals surface area contributed by atoms with Crippen LogP contribution in [-0.4, -0.2) is 41.7 Å². The van der Waals surface area contributed by atoms with Crippen LogP contribution < -0.4 is 10.2 Å². The van der Waals surface area contributed by atoms with Crippen LogP contribution in [-0.2, 0) is 4.79 Å². The summed E-state index contributed by atoms with van der Waals surface area (Å²) in [6.45, 7) is 2.26. The Morgan fingerprint density at radius 2 is 2.03 bits per heavy atom. The molecule has 2 heterocycles. The number of nitrogens with zero attached hydrogens (tertiary/aromatic N) is 1. The molecule has 3 aromatic rings. The Labute approximate surface area is 168 Å². The Morgan fingerprint density at radius 1 is 1.24 bits per heavy atom. The molecule has 0 bridgehead atoms. The number of ether oxygens (including phenoxy) is 1. The highest BCUT2D eigenvalue weighted by Gasteiger charge is 2.28. The summed E-state index contributed by atoms with van der Waals surface area (Å²) in [6, 6.07) is 14.3. The lowest BCUT2D eigenvalue weighted by molar-refractivity contribution is -0.134. The minimum Gasteiger partial charge on any atom is -0.484 e. The Hall–Kier alpha value is -3.12. The van der Waals surface area contributed by atoms with Gasteiger partial charge in [-0.1, -0.05) is 30.3 Å². The number of benzene rings is 2. The van der Waals surface area contributed by atoms with Crippen LogP contribution in [0.2, 0.25) is 0 Å². The number of carbonyl (C=O) groups excluding carboxylic acids is 1. The van der Waals surface area contributed by atoms with Crippen molar-refractivity contribution in [1.29, 1.82) is 0 Å². The molecule has 1 aliphatic rings. The van der Waals surface area contributed by atoms with Gasteiger partial charge in [0.05, 0.1) is 23.6 Å². The first kappa shape index (κ1) is 19.2. The first-order chi connectivity index (χ1) is 14.1. The number of rotatable bonds is 5. The number of amides is 1. The lowest BCUT2D eigenvalue weighted by atomic mass is 10.0. The van der Waals surface area contributed by atoms with Crippen molar-refractivity contribution < 1.29 is 19.1 Å². The van der Waals surface area contributed by atoms with Gasteiger partial charge in [0, 0.05) is 12.6 Å². The van der Waals surface area contributed by atoms with Crippen molar-refractivity contribution in [3.63, 3.8) is 0 Å². The van der Waals surface area contributed by atoms with Crippen molar-refractivity contribution in [2.45, 2.75) is 25.8 Å². The van der Waals surface area contributed by atoms with Crippen LogP contribution in [0, 0.1) is 6.92 Å². The third-order valence-electron chi connectivity index (χ3n) is 5.37. The van der Waals surface area contributed by atoms with Gasteiger partial charge in [-0.2, -0.15) is 0 Å². The fourth-order valence-corrected chi connectivity index (χ4v) is 3.90. The van der Waals surface area contributed by atoms with Crippen LogP contribution in [0.15, 0.2) is 57.7 Å². The second-order valence-corrected chi connectivity index (χ2v) is 7.24. The molecular formula is C23H23NO5. The van der Waals surface area contributed by atoms with E-state index in [1.165, 1.54) is 0 Å². The minimum atomic E-state index is -0.154.